The van der Waals surface area contributed by atoms with E-state index in [1.807, 2.05) is 28.0 Å². The summed E-state index contributed by atoms with van der Waals surface area (Å²) in [6.07, 6.45) is 3.17. The van der Waals surface area contributed by atoms with Crippen molar-refractivity contribution in [3.05, 3.63) is 71.3 Å². The monoisotopic (exact) mass is 441 g/mol. The Kier molecular flexibility index (Phi) is 6.62. The molecule has 2 aromatic rings. The number of sulfonamides is 1. The molecule has 2 aliphatic rings. The van der Waals surface area contributed by atoms with Crippen LogP contribution in [0.4, 0.5) is 4.79 Å². The first-order chi connectivity index (χ1) is 14.9. The highest BCUT2D eigenvalue weighted by Gasteiger charge is 2.41. The molecule has 1 N–H and O–H groups in total. The first-order valence-corrected chi connectivity index (χ1v) is 12.8. The molecule has 0 bridgehead atoms. The molecule has 0 saturated carbocycles. The number of benzene rings is 2. The van der Waals surface area contributed by atoms with Crippen molar-refractivity contribution in [2.75, 3.05) is 25.4 Å². The summed E-state index contributed by atoms with van der Waals surface area (Å²) in [5.41, 5.74) is 3.60. The van der Waals surface area contributed by atoms with Gasteiger partial charge in [0.05, 0.1) is 11.8 Å². The SMILES string of the molecule is CCS(=O)(=O)N[C@H]1CCN(C(=O)N2CCC2)[C@H]1Cc1cccc(Cc2ccccc2)c1. The molecule has 4 rings (SSSR count). The van der Waals surface area contributed by atoms with Crippen LogP contribution in [0, 0.1) is 0 Å². The fraction of sp³-hybridized carbons (Fsp3) is 0.458. The van der Waals surface area contributed by atoms with Gasteiger partial charge in [0.15, 0.2) is 0 Å². The van der Waals surface area contributed by atoms with Crippen molar-refractivity contribution < 1.29 is 13.2 Å². The van der Waals surface area contributed by atoms with Crippen LogP contribution in [0.3, 0.4) is 0 Å². The van der Waals surface area contributed by atoms with Crippen molar-refractivity contribution >= 4 is 16.1 Å². The zero-order valence-corrected chi connectivity index (χ0v) is 18.9. The van der Waals surface area contributed by atoms with E-state index in [4.69, 9.17) is 0 Å². The van der Waals surface area contributed by atoms with Gasteiger partial charge < -0.3 is 9.80 Å². The average molecular weight is 442 g/mol. The molecule has 2 amide bonds. The number of carbonyl (C=O) groups is 1. The third kappa shape index (κ3) is 5.28. The van der Waals surface area contributed by atoms with E-state index in [2.05, 4.69) is 41.1 Å². The molecular weight excluding hydrogens is 410 g/mol. The molecule has 166 valence electrons. The number of urea groups is 1. The van der Waals surface area contributed by atoms with Crippen LogP contribution < -0.4 is 4.72 Å². The van der Waals surface area contributed by atoms with Crippen molar-refractivity contribution in [3.8, 4) is 0 Å². The molecule has 0 spiro atoms. The van der Waals surface area contributed by atoms with E-state index >= 15 is 0 Å². The normalized spacial score (nSPS) is 21.2. The molecule has 0 unspecified atom stereocenters. The standard InChI is InChI=1S/C24H31N3O3S/c1-2-31(29,30)25-22-12-15-27(24(28)26-13-7-14-26)23(22)18-21-11-6-10-20(17-21)16-19-8-4-3-5-9-19/h3-6,8-11,17,22-23,25H,2,7,12-16,18H2,1H3/t22-,23-/m0/s1. The van der Waals surface area contributed by atoms with Gasteiger partial charge >= 0.3 is 6.03 Å². The lowest BCUT2D eigenvalue weighted by Crippen LogP contribution is -2.54. The summed E-state index contributed by atoms with van der Waals surface area (Å²) in [5.74, 6) is 0.0445. The molecule has 2 aliphatic heterocycles. The largest absolute Gasteiger partial charge is 0.325 e. The highest BCUT2D eigenvalue weighted by molar-refractivity contribution is 7.89. The van der Waals surface area contributed by atoms with Crippen molar-refractivity contribution in [2.45, 2.75) is 44.7 Å². The topological polar surface area (TPSA) is 69.7 Å². The van der Waals surface area contributed by atoms with Gasteiger partial charge in [-0.3, -0.25) is 0 Å². The van der Waals surface area contributed by atoms with Crippen LogP contribution in [-0.4, -0.2) is 61.7 Å². The van der Waals surface area contributed by atoms with Gasteiger partial charge in [0.25, 0.3) is 0 Å². The summed E-state index contributed by atoms with van der Waals surface area (Å²) >= 11 is 0. The van der Waals surface area contributed by atoms with E-state index in [9.17, 15) is 13.2 Å². The number of likely N-dealkylation sites (tertiary alicyclic amines) is 2. The fourth-order valence-electron chi connectivity index (χ4n) is 4.42. The Bertz CT molecular complexity index is 1010. The highest BCUT2D eigenvalue weighted by atomic mass is 32.2. The Balaban J connectivity index is 1.54. The van der Waals surface area contributed by atoms with Gasteiger partial charge in [0, 0.05) is 25.7 Å². The minimum atomic E-state index is -3.34. The number of hydrogen-bond donors (Lipinski definition) is 1. The Hall–Kier alpha value is -2.38. The minimum Gasteiger partial charge on any atom is -0.325 e. The van der Waals surface area contributed by atoms with Crippen LogP contribution >= 0.6 is 0 Å². The first kappa shape index (κ1) is 21.8. The van der Waals surface area contributed by atoms with Gasteiger partial charge in [-0.1, -0.05) is 54.6 Å². The van der Waals surface area contributed by atoms with Gasteiger partial charge in [-0.15, -0.1) is 0 Å². The number of rotatable bonds is 7. The third-order valence-electron chi connectivity index (χ3n) is 6.32. The van der Waals surface area contributed by atoms with E-state index in [1.165, 1.54) is 11.1 Å². The minimum absolute atomic E-state index is 0.0369. The predicted octanol–water partition coefficient (Wildman–Crippen LogP) is 3.03. The lowest BCUT2D eigenvalue weighted by atomic mass is 9.97. The molecule has 2 atom stereocenters. The summed E-state index contributed by atoms with van der Waals surface area (Å²) in [5, 5.41) is 0. The molecular formula is C24H31N3O3S. The number of nitrogens with zero attached hydrogens (tertiary/aromatic N) is 2. The van der Waals surface area contributed by atoms with Gasteiger partial charge in [-0.2, -0.15) is 0 Å². The molecule has 2 fully saturated rings. The number of amides is 2. The summed E-state index contributed by atoms with van der Waals surface area (Å²) in [6.45, 7) is 3.81. The Labute approximate surface area is 185 Å². The second-order valence-corrected chi connectivity index (χ2v) is 10.5. The molecule has 2 heterocycles. The summed E-state index contributed by atoms with van der Waals surface area (Å²) in [6, 6.07) is 18.4. The molecule has 7 heteroatoms. The quantitative estimate of drug-likeness (QED) is 0.718. The lowest BCUT2D eigenvalue weighted by Gasteiger charge is -2.38. The second kappa shape index (κ2) is 9.40. The average Bonchev–Trinajstić information content (AvgIpc) is 3.09. The Morgan fingerprint density at radius 3 is 2.39 bits per heavy atom. The first-order valence-electron chi connectivity index (χ1n) is 11.1. The van der Waals surface area contributed by atoms with Crippen LogP contribution in [-0.2, 0) is 22.9 Å². The number of nitrogens with one attached hydrogen (secondary N) is 1. The van der Waals surface area contributed by atoms with Gasteiger partial charge in [0.1, 0.15) is 0 Å². The Morgan fingerprint density at radius 1 is 1.00 bits per heavy atom. The molecule has 0 aromatic heterocycles. The summed E-state index contributed by atoms with van der Waals surface area (Å²) < 4.78 is 27.4. The van der Waals surface area contributed by atoms with Crippen molar-refractivity contribution in [1.82, 2.24) is 14.5 Å². The van der Waals surface area contributed by atoms with Crippen LogP contribution in [0.15, 0.2) is 54.6 Å². The van der Waals surface area contributed by atoms with Crippen molar-refractivity contribution in [1.29, 1.82) is 0 Å². The van der Waals surface area contributed by atoms with Crippen LogP contribution in [0.2, 0.25) is 0 Å². The second-order valence-electron chi connectivity index (χ2n) is 8.49. The molecule has 0 aliphatic carbocycles. The van der Waals surface area contributed by atoms with E-state index in [-0.39, 0.29) is 23.9 Å². The molecule has 0 radical (unpaired) electrons. The molecule has 6 nitrogen and oxygen atoms in total. The van der Waals surface area contributed by atoms with Crippen molar-refractivity contribution in [2.24, 2.45) is 0 Å². The smallest absolute Gasteiger partial charge is 0.320 e. The molecule has 2 aromatic carbocycles. The van der Waals surface area contributed by atoms with Gasteiger partial charge in [-0.05, 0) is 49.3 Å². The van der Waals surface area contributed by atoms with Gasteiger partial charge in [-0.25, -0.2) is 17.9 Å². The van der Waals surface area contributed by atoms with Crippen LogP contribution in [0.1, 0.15) is 36.5 Å². The number of carbonyl (C=O) groups excluding carboxylic acids is 1. The highest BCUT2D eigenvalue weighted by Crippen LogP contribution is 2.26. The summed E-state index contributed by atoms with van der Waals surface area (Å²) in [7, 11) is -3.34. The van der Waals surface area contributed by atoms with E-state index in [0.29, 0.717) is 19.4 Å². The maximum atomic E-state index is 13.0. The lowest BCUT2D eigenvalue weighted by molar-refractivity contribution is 0.120. The van der Waals surface area contributed by atoms with Crippen molar-refractivity contribution in [3.63, 3.8) is 0 Å². The van der Waals surface area contributed by atoms with Crippen LogP contribution in [0.25, 0.3) is 0 Å². The maximum Gasteiger partial charge on any atom is 0.320 e. The molecule has 2 saturated heterocycles. The Morgan fingerprint density at radius 2 is 1.71 bits per heavy atom. The molecule has 31 heavy (non-hydrogen) atoms. The predicted molar refractivity (Wildman–Crippen MR) is 122 cm³/mol. The number of hydrogen-bond acceptors (Lipinski definition) is 3. The van der Waals surface area contributed by atoms with E-state index < -0.39 is 10.0 Å². The zero-order chi connectivity index (χ0) is 21.8. The van der Waals surface area contributed by atoms with E-state index in [0.717, 1.165) is 31.5 Å². The maximum absolute atomic E-state index is 13.0. The summed E-state index contributed by atoms with van der Waals surface area (Å²) in [4.78, 5) is 16.7. The zero-order valence-electron chi connectivity index (χ0n) is 18.0. The van der Waals surface area contributed by atoms with Crippen LogP contribution in [0.5, 0.6) is 0 Å². The van der Waals surface area contributed by atoms with E-state index in [1.54, 1.807) is 6.92 Å². The third-order valence-corrected chi connectivity index (χ3v) is 7.74. The van der Waals surface area contributed by atoms with Gasteiger partial charge in [0.2, 0.25) is 10.0 Å². The fourth-order valence-corrected chi connectivity index (χ4v) is 5.33.